The van der Waals surface area contributed by atoms with Crippen molar-refractivity contribution in [1.29, 1.82) is 0 Å². The highest BCUT2D eigenvalue weighted by Crippen LogP contribution is 2.27. The highest BCUT2D eigenvalue weighted by atomic mass is 32.1. The van der Waals surface area contributed by atoms with Crippen molar-refractivity contribution in [2.24, 2.45) is 5.92 Å². The van der Waals surface area contributed by atoms with Gasteiger partial charge >= 0.3 is 0 Å². The molecule has 0 spiro atoms. The van der Waals surface area contributed by atoms with Gasteiger partial charge in [-0.25, -0.2) is 4.98 Å². The molecule has 2 heterocycles. The number of aromatic nitrogens is 1. The minimum atomic E-state index is -0.0836. The summed E-state index contributed by atoms with van der Waals surface area (Å²) in [6.45, 7) is 2.47. The van der Waals surface area contributed by atoms with E-state index in [-0.39, 0.29) is 17.9 Å². The number of carbonyl (C=O) groups excluding carboxylic acids is 1. The van der Waals surface area contributed by atoms with Gasteiger partial charge in [0.2, 0.25) is 5.91 Å². The molecule has 1 fully saturated rings. The minimum absolute atomic E-state index is 0.0205. The number of rotatable bonds is 3. The Bertz CT molecular complexity index is 656. The summed E-state index contributed by atoms with van der Waals surface area (Å²) in [5, 5.41) is 5.39. The summed E-state index contributed by atoms with van der Waals surface area (Å²) in [5.74, 6) is -0.104. The van der Waals surface area contributed by atoms with Gasteiger partial charge in [-0.05, 0) is 25.5 Å². The van der Waals surface area contributed by atoms with Crippen molar-refractivity contribution in [2.45, 2.75) is 19.4 Å². The van der Waals surface area contributed by atoms with E-state index >= 15 is 0 Å². The molecule has 2 unspecified atom stereocenters. The lowest BCUT2D eigenvalue weighted by atomic mass is 10.1. The SMILES string of the molecule is CC1CC(C(=O)Nc2nc(-c3cccc(N)c3)cs2)CO1. The second kappa shape index (κ2) is 5.83. The van der Waals surface area contributed by atoms with Crippen LogP contribution in [-0.2, 0) is 9.53 Å². The number of amides is 1. The number of nitrogens with two attached hydrogens (primary N) is 1. The standard InChI is InChI=1S/C15H17N3O2S/c1-9-5-11(7-20-9)14(19)18-15-17-13(8-21-15)10-3-2-4-12(16)6-10/h2-4,6,8-9,11H,5,7,16H2,1H3,(H,17,18,19). The molecule has 0 aliphatic carbocycles. The highest BCUT2D eigenvalue weighted by Gasteiger charge is 2.28. The first-order chi connectivity index (χ1) is 10.1. The Hall–Kier alpha value is -1.92. The van der Waals surface area contributed by atoms with Gasteiger partial charge in [0.1, 0.15) is 0 Å². The molecule has 110 valence electrons. The Labute approximate surface area is 127 Å². The number of benzene rings is 1. The number of anilines is 2. The summed E-state index contributed by atoms with van der Waals surface area (Å²) in [7, 11) is 0. The van der Waals surface area contributed by atoms with Gasteiger partial charge < -0.3 is 15.8 Å². The number of nitrogens with one attached hydrogen (secondary N) is 1. The summed E-state index contributed by atoms with van der Waals surface area (Å²) in [4.78, 5) is 16.6. The van der Waals surface area contributed by atoms with Gasteiger partial charge in [-0.15, -0.1) is 11.3 Å². The third-order valence-electron chi connectivity index (χ3n) is 3.49. The van der Waals surface area contributed by atoms with Crippen LogP contribution in [0.2, 0.25) is 0 Å². The molecule has 1 aliphatic rings. The Morgan fingerprint density at radius 2 is 2.38 bits per heavy atom. The normalized spacial score (nSPS) is 21.4. The van der Waals surface area contributed by atoms with Crippen LogP contribution in [-0.4, -0.2) is 23.6 Å². The molecule has 21 heavy (non-hydrogen) atoms. The Morgan fingerprint density at radius 3 is 3.10 bits per heavy atom. The van der Waals surface area contributed by atoms with Crippen molar-refractivity contribution >= 4 is 28.1 Å². The van der Waals surface area contributed by atoms with Crippen molar-refractivity contribution in [3.05, 3.63) is 29.6 Å². The van der Waals surface area contributed by atoms with E-state index in [1.54, 1.807) is 0 Å². The van der Waals surface area contributed by atoms with Gasteiger partial charge in [0.25, 0.3) is 0 Å². The zero-order chi connectivity index (χ0) is 14.8. The fourth-order valence-corrected chi connectivity index (χ4v) is 3.09. The van der Waals surface area contributed by atoms with E-state index in [1.807, 2.05) is 36.6 Å². The molecule has 1 aromatic heterocycles. The molecule has 1 amide bonds. The number of nitrogens with zero attached hydrogens (tertiary/aromatic N) is 1. The van der Waals surface area contributed by atoms with Crippen molar-refractivity contribution in [3.63, 3.8) is 0 Å². The first-order valence-electron chi connectivity index (χ1n) is 6.86. The summed E-state index contributed by atoms with van der Waals surface area (Å²) < 4.78 is 5.42. The van der Waals surface area contributed by atoms with E-state index in [4.69, 9.17) is 10.5 Å². The van der Waals surface area contributed by atoms with E-state index in [1.165, 1.54) is 11.3 Å². The monoisotopic (exact) mass is 303 g/mol. The summed E-state index contributed by atoms with van der Waals surface area (Å²) in [6, 6.07) is 7.54. The number of hydrogen-bond donors (Lipinski definition) is 2. The molecule has 5 nitrogen and oxygen atoms in total. The molecule has 0 saturated carbocycles. The summed E-state index contributed by atoms with van der Waals surface area (Å²) >= 11 is 1.41. The smallest absolute Gasteiger partial charge is 0.231 e. The maximum absolute atomic E-state index is 12.1. The molecule has 6 heteroatoms. The van der Waals surface area contributed by atoms with Gasteiger partial charge in [0.15, 0.2) is 5.13 Å². The first kappa shape index (κ1) is 14.0. The molecule has 1 aliphatic heterocycles. The fraction of sp³-hybridized carbons (Fsp3) is 0.333. The van der Waals surface area contributed by atoms with Crippen LogP contribution < -0.4 is 11.1 Å². The molecule has 3 N–H and O–H groups in total. The number of thiazole rings is 1. The van der Waals surface area contributed by atoms with Crippen LogP contribution in [0.5, 0.6) is 0 Å². The van der Waals surface area contributed by atoms with Crippen LogP contribution in [0, 0.1) is 5.92 Å². The van der Waals surface area contributed by atoms with E-state index in [0.717, 1.165) is 17.7 Å². The largest absolute Gasteiger partial charge is 0.399 e. The van der Waals surface area contributed by atoms with Crippen LogP contribution in [0.15, 0.2) is 29.6 Å². The average Bonchev–Trinajstić information content (AvgIpc) is 3.08. The third kappa shape index (κ3) is 3.22. The molecule has 0 bridgehead atoms. The number of carbonyl (C=O) groups is 1. The Balaban J connectivity index is 1.69. The molecular weight excluding hydrogens is 286 g/mol. The quantitative estimate of drug-likeness (QED) is 0.855. The van der Waals surface area contributed by atoms with Crippen LogP contribution >= 0.6 is 11.3 Å². The predicted octanol–water partition coefficient (Wildman–Crippen LogP) is 2.76. The maximum Gasteiger partial charge on any atom is 0.231 e. The second-order valence-electron chi connectivity index (χ2n) is 5.23. The molecule has 3 rings (SSSR count). The lowest BCUT2D eigenvalue weighted by Crippen LogP contribution is -2.22. The van der Waals surface area contributed by atoms with Gasteiger partial charge in [-0.3, -0.25) is 4.79 Å². The lowest BCUT2D eigenvalue weighted by Gasteiger charge is -2.06. The second-order valence-corrected chi connectivity index (χ2v) is 6.09. The van der Waals surface area contributed by atoms with E-state index in [0.29, 0.717) is 17.4 Å². The van der Waals surface area contributed by atoms with E-state index in [9.17, 15) is 4.79 Å². The van der Waals surface area contributed by atoms with E-state index < -0.39 is 0 Å². The maximum atomic E-state index is 12.1. The lowest BCUT2D eigenvalue weighted by molar-refractivity contribution is -0.119. The van der Waals surface area contributed by atoms with Crippen LogP contribution in [0.3, 0.4) is 0 Å². The molecule has 2 atom stereocenters. The molecule has 2 aromatic rings. The number of ether oxygens (including phenoxy) is 1. The Morgan fingerprint density at radius 1 is 1.52 bits per heavy atom. The Kier molecular flexibility index (Phi) is 3.90. The zero-order valence-corrected chi connectivity index (χ0v) is 12.5. The first-order valence-corrected chi connectivity index (χ1v) is 7.73. The van der Waals surface area contributed by atoms with Gasteiger partial charge in [-0.2, -0.15) is 0 Å². The van der Waals surface area contributed by atoms with Crippen molar-refractivity contribution < 1.29 is 9.53 Å². The van der Waals surface area contributed by atoms with Crippen LogP contribution in [0.25, 0.3) is 11.3 Å². The summed E-state index contributed by atoms with van der Waals surface area (Å²) in [6.07, 6.45) is 0.916. The van der Waals surface area contributed by atoms with Crippen molar-refractivity contribution in [2.75, 3.05) is 17.7 Å². The molecule has 1 aromatic carbocycles. The molecular formula is C15H17N3O2S. The van der Waals surface area contributed by atoms with Gasteiger partial charge in [0.05, 0.1) is 24.3 Å². The highest BCUT2D eigenvalue weighted by molar-refractivity contribution is 7.14. The van der Waals surface area contributed by atoms with Gasteiger partial charge in [0, 0.05) is 16.6 Å². The minimum Gasteiger partial charge on any atom is -0.399 e. The molecule has 1 saturated heterocycles. The van der Waals surface area contributed by atoms with Crippen LogP contribution in [0.4, 0.5) is 10.8 Å². The van der Waals surface area contributed by atoms with E-state index in [2.05, 4.69) is 10.3 Å². The van der Waals surface area contributed by atoms with Crippen LogP contribution in [0.1, 0.15) is 13.3 Å². The molecule has 0 radical (unpaired) electrons. The average molecular weight is 303 g/mol. The zero-order valence-electron chi connectivity index (χ0n) is 11.7. The predicted molar refractivity (Wildman–Crippen MR) is 84.1 cm³/mol. The van der Waals surface area contributed by atoms with Crippen molar-refractivity contribution in [1.82, 2.24) is 4.98 Å². The van der Waals surface area contributed by atoms with Gasteiger partial charge in [-0.1, -0.05) is 12.1 Å². The number of hydrogen-bond acceptors (Lipinski definition) is 5. The topological polar surface area (TPSA) is 77.2 Å². The fourth-order valence-electron chi connectivity index (χ4n) is 2.37. The van der Waals surface area contributed by atoms with Crippen molar-refractivity contribution in [3.8, 4) is 11.3 Å². The summed E-state index contributed by atoms with van der Waals surface area (Å²) in [5.41, 5.74) is 8.24. The number of nitrogen functional groups attached to an aromatic ring is 1. The third-order valence-corrected chi connectivity index (χ3v) is 4.24.